The zero-order valence-corrected chi connectivity index (χ0v) is 16.5. The van der Waals surface area contributed by atoms with E-state index in [-0.39, 0.29) is 17.7 Å². The van der Waals surface area contributed by atoms with Crippen LogP contribution < -0.4 is 10.0 Å². The number of carbonyl (C=O) groups is 1. The van der Waals surface area contributed by atoms with E-state index in [1.807, 2.05) is 37.3 Å². The van der Waals surface area contributed by atoms with Gasteiger partial charge in [0.15, 0.2) is 0 Å². The van der Waals surface area contributed by atoms with Gasteiger partial charge in [-0.15, -0.1) is 0 Å². The van der Waals surface area contributed by atoms with E-state index >= 15 is 0 Å². The van der Waals surface area contributed by atoms with Crippen LogP contribution in [0.2, 0.25) is 0 Å². The van der Waals surface area contributed by atoms with Gasteiger partial charge in [0.2, 0.25) is 10.0 Å². The van der Waals surface area contributed by atoms with E-state index in [0.29, 0.717) is 29.5 Å². The number of hydrogen-bond donors (Lipinski definition) is 2. The molecule has 0 aromatic heterocycles. The van der Waals surface area contributed by atoms with E-state index in [4.69, 9.17) is 0 Å². The molecule has 5 nitrogen and oxygen atoms in total. The number of amides is 1. The van der Waals surface area contributed by atoms with Gasteiger partial charge in [0.25, 0.3) is 5.91 Å². The molecule has 1 amide bonds. The van der Waals surface area contributed by atoms with Crippen LogP contribution in [0.15, 0.2) is 54.6 Å². The van der Waals surface area contributed by atoms with E-state index < -0.39 is 10.0 Å². The average molecular weight is 387 g/mol. The van der Waals surface area contributed by atoms with E-state index in [1.54, 1.807) is 24.3 Å². The molecule has 3 atom stereocenters. The number of benzene rings is 2. The molecule has 0 heterocycles. The standard InChI is InChI=1S/C21H26N2O3S/c1-3-12-27(25,26)23-18-11-7-10-17(14-18)21(24)22-20(19-13-15(19)2)16-8-5-4-6-9-16/h4-11,14-15,19-20,23H,3,12-13H2,1-2H3,(H,22,24). The molecule has 0 radical (unpaired) electrons. The number of sulfonamides is 1. The molecule has 0 saturated heterocycles. The van der Waals surface area contributed by atoms with Crippen LogP contribution in [0, 0.1) is 11.8 Å². The van der Waals surface area contributed by atoms with E-state index in [9.17, 15) is 13.2 Å². The number of hydrogen-bond acceptors (Lipinski definition) is 3. The molecule has 27 heavy (non-hydrogen) atoms. The molecule has 144 valence electrons. The third-order valence-corrected chi connectivity index (χ3v) is 6.41. The molecule has 2 aromatic carbocycles. The summed E-state index contributed by atoms with van der Waals surface area (Å²) in [5.41, 5.74) is 1.95. The molecule has 1 aliphatic rings. The predicted octanol–water partition coefficient (Wildman–Crippen LogP) is 3.97. The lowest BCUT2D eigenvalue weighted by Crippen LogP contribution is -2.30. The Labute approximate surface area is 161 Å². The molecule has 3 rings (SSSR count). The zero-order chi connectivity index (χ0) is 19.4. The molecule has 2 aromatic rings. The SMILES string of the molecule is CCCS(=O)(=O)Nc1cccc(C(=O)NC(c2ccccc2)C2CC2C)c1. The summed E-state index contributed by atoms with van der Waals surface area (Å²) in [6.45, 7) is 4.00. The Hall–Kier alpha value is -2.34. The fourth-order valence-corrected chi connectivity index (χ4v) is 4.49. The molecule has 1 fully saturated rings. The summed E-state index contributed by atoms with van der Waals surface area (Å²) in [4.78, 5) is 12.8. The monoisotopic (exact) mass is 386 g/mol. The van der Waals surface area contributed by atoms with Gasteiger partial charge in [-0.2, -0.15) is 0 Å². The number of anilines is 1. The van der Waals surface area contributed by atoms with Crippen LogP contribution in [0.25, 0.3) is 0 Å². The van der Waals surface area contributed by atoms with Crippen LogP contribution in [0.5, 0.6) is 0 Å². The van der Waals surface area contributed by atoms with E-state index in [2.05, 4.69) is 17.0 Å². The second kappa shape index (κ2) is 8.13. The van der Waals surface area contributed by atoms with Gasteiger partial charge in [0.1, 0.15) is 0 Å². The van der Waals surface area contributed by atoms with Gasteiger partial charge in [-0.25, -0.2) is 8.42 Å². The highest BCUT2D eigenvalue weighted by molar-refractivity contribution is 7.92. The lowest BCUT2D eigenvalue weighted by atomic mass is 10.0. The maximum absolute atomic E-state index is 12.8. The minimum atomic E-state index is -3.39. The minimum Gasteiger partial charge on any atom is -0.345 e. The third-order valence-electron chi connectivity index (χ3n) is 4.92. The van der Waals surface area contributed by atoms with Crippen molar-refractivity contribution >= 4 is 21.6 Å². The highest BCUT2D eigenvalue weighted by Gasteiger charge is 2.41. The first kappa shape index (κ1) is 19.4. The summed E-state index contributed by atoms with van der Waals surface area (Å²) in [6.07, 6.45) is 1.63. The summed E-state index contributed by atoms with van der Waals surface area (Å²) >= 11 is 0. The Morgan fingerprint density at radius 1 is 1.15 bits per heavy atom. The van der Waals surface area contributed by atoms with Gasteiger partial charge < -0.3 is 5.32 Å². The third kappa shape index (κ3) is 5.10. The summed E-state index contributed by atoms with van der Waals surface area (Å²) < 4.78 is 26.5. The molecule has 6 heteroatoms. The summed E-state index contributed by atoms with van der Waals surface area (Å²) in [5.74, 6) is 0.879. The fraction of sp³-hybridized carbons (Fsp3) is 0.381. The lowest BCUT2D eigenvalue weighted by Gasteiger charge is -2.20. The molecule has 1 saturated carbocycles. The Balaban J connectivity index is 1.76. The van der Waals surface area contributed by atoms with Gasteiger partial charge >= 0.3 is 0 Å². The van der Waals surface area contributed by atoms with Gasteiger partial charge in [-0.05, 0) is 48.4 Å². The molecule has 0 spiro atoms. The second-order valence-electron chi connectivity index (χ2n) is 7.24. The van der Waals surface area contributed by atoms with Crippen molar-refractivity contribution in [2.45, 2.75) is 32.7 Å². The number of nitrogens with one attached hydrogen (secondary N) is 2. The van der Waals surface area contributed by atoms with Gasteiger partial charge in [0, 0.05) is 11.3 Å². The summed E-state index contributed by atoms with van der Waals surface area (Å²) in [7, 11) is -3.39. The smallest absolute Gasteiger partial charge is 0.251 e. The van der Waals surface area contributed by atoms with Crippen LogP contribution in [0.4, 0.5) is 5.69 Å². The van der Waals surface area contributed by atoms with Crippen molar-refractivity contribution in [2.75, 3.05) is 10.5 Å². The Morgan fingerprint density at radius 2 is 1.85 bits per heavy atom. The quantitative estimate of drug-likeness (QED) is 0.721. The normalized spacial score (nSPS) is 19.9. The van der Waals surface area contributed by atoms with Crippen LogP contribution in [-0.4, -0.2) is 20.1 Å². The van der Waals surface area contributed by atoms with Crippen LogP contribution in [-0.2, 0) is 10.0 Å². The number of rotatable bonds is 8. The first-order valence-electron chi connectivity index (χ1n) is 9.36. The Bertz CT molecular complexity index is 897. The molecule has 0 bridgehead atoms. The van der Waals surface area contributed by atoms with Crippen molar-refractivity contribution in [3.63, 3.8) is 0 Å². The first-order valence-corrected chi connectivity index (χ1v) is 11.0. The van der Waals surface area contributed by atoms with E-state index in [1.165, 1.54) is 0 Å². The van der Waals surface area contributed by atoms with Crippen LogP contribution in [0.1, 0.15) is 48.7 Å². The van der Waals surface area contributed by atoms with Gasteiger partial charge in [0.05, 0.1) is 11.8 Å². The summed E-state index contributed by atoms with van der Waals surface area (Å²) in [6, 6.07) is 16.6. The zero-order valence-electron chi connectivity index (χ0n) is 15.7. The average Bonchev–Trinajstić information content (AvgIpc) is 3.36. The van der Waals surface area contributed by atoms with Gasteiger partial charge in [-0.1, -0.05) is 50.2 Å². The molecular formula is C21H26N2O3S. The van der Waals surface area contributed by atoms with Crippen molar-refractivity contribution in [1.82, 2.24) is 5.32 Å². The molecule has 3 unspecified atom stereocenters. The van der Waals surface area contributed by atoms with Crippen molar-refractivity contribution < 1.29 is 13.2 Å². The number of carbonyl (C=O) groups excluding carboxylic acids is 1. The van der Waals surface area contributed by atoms with Crippen LogP contribution >= 0.6 is 0 Å². The van der Waals surface area contributed by atoms with Crippen molar-refractivity contribution in [2.24, 2.45) is 11.8 Å². The molecule has 2 N–H and O–H groups in total. The maximum Gasteiger partial charge on any atom is 0.251 e. The molecule has 1 aliphatic carbocycles. The molecule has 0 aliphatic heterocycles. The lowest BCUT2D eigenvalue weighted by molar-refractivity contribution is 0.0930. The minimum absolute atomic E-state index is 0.0332. The predicted molar refractivity (Wildman–Crippen MR) is 108 cm³/mol. The molecular weight excluding hydrogens is 360 g/mol. The largest absolute Gasteiger partial charge is 0.345 e. The first-order chi connectivity index (χ1) is 12.9. The Kier molecular flexibility index (Phi) is 5.85. The van der Waals surface area contributed by atoms with Gasteiger partial charge in [-0.3, -0.25) is 9.52 Å². The van der Waals surface area contributed by atoms with Crippen molar-refractivity contribution in [1.29, 1.82) is 0 Å². The topological polar surface area (TPSA) is 75.3 Å². The second-order valence-corrected chi connectivity index (χ2v) is 9.08. The fourth-order valence-electron chi connectivity index (χ4n) is 3.36. The van der Waals surface area contributed by atoms with Crippen molar-refractivity contribution in [3.8, 4) is 0 Å². The van der Waals surface area contributed by atoms with E-state index in [0.717, 1.165) is 12.0 Å². The Morgan fingerprint density at radius 3 is 2.48 bits per heavy atom. The highest BCUT2D eigenvalue weighted by Crippen LogP contribution is 2.47. The van der Waals surface area contributed by atoms with Crippen molar-refractivity contribution in [3.05, 3.63) is 65.7 Å². The highest BCUT2D eigenvalue weighted by atomic mass is 32.2. The van der Waals surface area contributed by atoms with Crippen LogP contribution in [0.3, 0.4) is 0 Å². The maximum atomic E-state index is 12.8. The summed E-state index contributed by atoms with van der Waals surface area (Å²) in [5, 5.41) is 3.14.